The highest BCUT2D eigenvalue weighted by Gasteiger charge is 2.52. The van der Waals surface area contributed by atoms with Crippen molar-refractivity contribution in [2.24, 2.45) is 17.1 Å². The Hall–Kier alpha value is -0.0800. The minimum Gasteiger partial charge on any atom is -0.381 e. The van der Waals surface area contributed by atoms with E-state index in [4.69, 9.17) is 10.5 Å². The average molecular weight is 143 g/mol. The lowest BCUT2D eigenvalue weighted by molar-refractivity contribution is -0.133. The van der Waals surface area contributed by atoms with Gasteiger partial charge >= 0.3 is 0 Å². The maximum atomic E-state index is 5.89. The van der Waals surface area contributed by atoms with E-state index in [2.05, 4.69) is 20.8 Å². The fourth-order valence-electron chi connectivity index (χ4n) is 2.13. The van der Waals surface area contributed by atoms with Crippen molar-refractivity contribution in [1.29, 1.82) is 0 Å². The summed E-state index contributed by atoms with van der Waals surface area (Å²) < 4.78 is 5.30. The van der Waals surface area contributed by atoms with Gasteiger partial charge in [-0.05, 0) is 5.92 Å². The quantitative estimate of drug-likeness (QED) is 0.594. The molecule has 60 valence electrons. The van der Waals surface area contributed by atoms with Crippen molar-refractivity contribution < 1.29 is 4.74 Å². The Morgan fingerprint density at radius 2 is 1.90 bits per heavy atom. The molecule has 0 bridgehead atoms. The SMILES string of the molecule is CO[C@@H]1[C@@H](C)[C@@H](N)C1(C)C. The maximum absolute atomic E-state index is 5.89. The van der Waals surface area contributed by atoms with Gasteiger partial charge in [-0.15, -0.1) is 0 Å². The molecule has 2 nitrogen and oxygen atoms in total. The van der Waals surface area contributed by atoms with Gasteiger partial charge in [-0.2, -0.15) is 0 Å². The first kappa shape index (κ1) is 8.02. The Bertz CT molecular complexity index is 133. The summed E-state index contributed by atoms with van der Waals surface area (Å²) in [6.45, 7) is 6.46. The minimum absolute atomic E-state index is 0.175. The van der Waals surface area contributed by atoms with E-state index in [0.29, 0.717) is 18.1 Å². The Balaban J connectivity index is 2.61. The third-order valence-corrected chi connectivity index (χ3v) is 2.89. The molecule has 0 spiro atoms. The zero-order chi connectivity index (χ0) is 7.94. The molecule has 0 heterocycles. The lowest BCUT2D eigenvalue weighted by Gasteiger charge is -2.54. The standard InChI is InChI=1S/C8H17NO/c1-5-6(9)8(2,3)7(5)10-4/h5-7H,9H2,1-4H3/t5-,6+,7+/m0/s1. The van der Waals surface area contributed by atoms with E-state index in [1.165, 1.54) is 0 Å². The molecular formula is C8H17NO. The lowest BCUT2D eigenvalue weighted by atomic mass is 9.58. The first-order chi connectivity index (χ1) is 4.51. The number of hydrogen-bond donors (Lipinski definition) is 1. The molecule has 3 atom stereocenters. The van der Waals surface area contributed by atoms with Crippen LogP contribution in [0.2, 0.25) is 0 Å². The third-order valence-electron chi connectivity index (χ3n) is 2.89. The van der Waals surface area contributed by atoms with E-state index in [9.17, 15) is 0 Å². The van der Waals surface area contributed by atoms with Crippen LogP contribution in [0, 0.1) is 11.3 Å². The van der Waals surface area contributed by atoms with Crippen LogP contribution in [0.5, 0.6) is 0 Å². The van der Waals surface area contributed by atoms with Crippen molar-refractivity contribution >= 4 is 0 Å². The van der Waals surface area contributed by atoms with Crippen LogP contribution in [0.3, 0.4) is 0 Å². The topological polar surface area (TPSA) is 35.2 Å². The van der Waals surface area contributed by atoms with Crippen molar-refractivity contribution in [3.05, 3.63) is 0 Å². The summed E-state index contributed by atoms with van der Waals surface area (Å²) in [5.74, 6) is 0.514. The molecule has 1 rings (SSSR count). The number of ether oxygens (including phenoxy) is 1. The smallest absolute Gasteiger partial charge is 0.0677 e. The van der Waals surface area contributed by atoms with Gasteiger partial charge in [-0.25, -0.2) is 0 Å². The molecule has 0 amide bonds. The Labute approximate surface area is 62.7 Å². The maximum Gasteiger partial charge on any atom is 0.0677 e. The summed E-state index contributed by atoms with van der Waals surface area (Å²) in [6, 6.07) is 0.303. The number of rotatable bonds is 1. The van der Waals surface area contributed by atoms with Gasteiger partial charge in [0.25, 0.3) is 0 Å². The normalized spacial score (nSPS) is 44.7. The summed E-state index contributed by atoms with van der Waals surface area (Å²) in [4.78, 5) is 0. The van der Waals surface area contributed by atoms with Gasteiger partial charge in [-0.3, -0.25) is 0 Å². The molecule has 1 fully saturated rings. The Morgan fingerprint density at radius 3 is 2.10 bits per heavy atom. The van der Waals surface area contributed by atoms with Crippen LogP contribution in [0.1, 0.15) is 20.8 Å². The molecule has 0 aromatic heterocycles. The fraction of sp³-hybridized carbons (Fsp3) is 1.00. The van der Waals surface area contributed by atoms with Gasteiger partial charge in [0.05, 0.1) is 6.10 Å². The number of methoxy groups -OCH3 is 1. The zero-order valence-corrected chi connectivity index (χ0v) is 7.22. The monoisotopic (exact) mass is 143 g/mol. The van der Waals surface area contributed by atoms with Crippen molar-refractivity contribution in [3.63, 3.8) is 0 Å². The molecule has 0 aromatic rings. The number of nitrogens with two attached hydrogens (primary N) is 1. The molecule has 0 saturated heterocycles. The summed E-state index contributed by atoms with van der Waals surface area (Å²) in [7, 11) is 1.76. The molecule has 0 aromatic carbocycles. The van der Waals surface area contributed by atoms with Gasteiger partial charge in [0.15, 0.2) is 0 Å². The second kappa shape index (κ2) is 2.21. The first-order valence-electron chi connectivity index (χ1n) is 3.80. The predicted octanol–water partition coefficient (Wildman–Crippen LogP) is 1.00. The molecule has 0 radical (unpaired) electrons. The van der Waals surface area contributed by atoms with Crippen LogP contribution in [-0.2, 0) is 4.74 Å². The van der Waals surface area contributed by atoms with E-state index < -0.39 is 0 Å². The van der Waals surface area contributed by atoms with Gasteiger partial charge < -0.3 is 10.5 Å². The summed E-state index contributed by atoms with van der Waals surface area (Å²) in [6.07, 6.45) is 0.350. The van der Waals surface area contributed by atoms with Gasteiger partial charge in [0.2, 0.25) is 0 Å². The van der Waals surface area contributed by atoms with E-state index in [0.717, 1.165) is 0 Å². The second-order valence-electron chi connectivity index (χ2n) is 3.86. The number of hydrogen-bond acceptors (Lipinski definition) is 2. The van der Waals surface area contributed by atoms with Gasteiger partial charge in [0, 0.05) is 18.6 Å². The largest absolute Gasteiger partial charge is 0.381 e. The van der Waals surface area contributed by atoms with Crippen molar-refractivity contribution in [2.75, 3.05) is 7.11 Å². The highest BCUT2D eigenvalue weighted by molar-refractivity contribution is 5.05. The molecule has 1 saturated carbocycles. The molecule has 1 aliphatic carbocycles. The second-order valence-corrected chi connectivity index (χ2v) is 3.86. The van der Waals surface area contributed by atoms with Crippen molar-refractivity contribution in [1.82, 2.24) is 0 Å². The molecule has 2 N–H and O–H groups in total. The highest BCUT2D eigenvalue weighted by Crippen LogP contribution is 2.45. The molecular weight excluding hydrogens is 126 g/mol. The van der Waals surface area contributed by atoms with Crippen LogP contribution in [0.25, 0.3) is 0 Å². The first-order valence-corrected chi connectivity index (χ1v) is 3.80. The third kappa shape index (κ3) is 0.789. The molecule has 10 heavy (non-hydrogen) atoms. The van der Waals surface area contributed by atoms with Crippen LogP contribution < -0.4 is 5.73 Å². The summed E-state index contributed by atoms with van der Waals surface area (Å²) in [5.41, 5.74) is 6.06. The van der Waals surface area contributed by atoms with Crippen molar-refractivity contribution in [2.45, 2.75) is 32.9 Å². The molecule has 2 heteroatoms. The Morgan fingerprint density at radius 1 is 1.40 bits per heavy atom. The lowest BCUT2D eigenvalue weighted by Crippen LogP contribution is -2.65. The zero-order valence-electron chi connectivity index (χ0n) is 7.22. The summed E-state index contributed by atoms with van der Waals surface area (Å²) >= 11 is 0. The van der Waals surface area contributed by atoms with E-state index >= 15 is 0 Å². The van der Waals surface area contributed by atoms with Gasteiger partial charge in [-0.1, -0.05) is 20.8 Å². The fourth-order valence-corrected chi connectivity index (χ4v) is 2.13. The minimum atomic E-state index is 0.175. The van der Waals surface area contributed by atoms with Crippen LogP contribution in [-0.4, -0.2) is 19.3 Å². The van der Waals surface area contributed by atoms with Crippen LogP contribution >= 0.6 is 0 Å². The average Bonchev–Trinajstić information content (AvgIpc) is 1.88. The molecule has 0 aliphatic heterocycles. The highest BCUT2D eigenvalue weighted by atomic mass is 16.5. The van der Waals surface area contributed by atoms with E-state index in [1.807, 2.05) is 0 Å². The van der Waals surface area contributed by atoms with Crippen molar-refractivity contribution in [3.8, 4) is 0 Å². The predicted molar refractivity (Wildman–Crippen MR) is 41.7 cm³/mol. The van der Waals surface area contributed by atoms with E-state index in [1.54, 1.807) is 7.11 Å². The summed E-state index contributed by atoms with van der Waals surface area (Å²) in [5, 5.41) is 0. The van der Waals surface area contributed by atoms with Gasteiger partial charge in [0.1, 0.15) is 0 Å². The van der Waals surface area contributed by atoms with Crippen LogP contribution in [0.4, 0.5) is 0 Å². The van der Waals surface area contributed by atoms with Crippen LogP contribution in [0.15, 0.2) is 0 Å². The van der Waals surface area contributed by atoms with E-state index in [-0.39, 0.29) is 5.41 Å². The Kier molecular flexibility index (Phi) is 1.77. The molecule has 0 unspecified atom stereocenters. The molecule has 1 aliphatic rings.